The van der Waals surface area contributed by atoms with Crippen LogP contribution in [0, 0.1) is 5.92 Å². The molecule has 2 N–H and O–H groups in total. The van der Waals surface area contributed by atoms with Crippen molar-refractivity contribution in [2.75, 3.05) is 39.4 Å². The number of nitrogens with one attached hydrogen (secondary N) is 2. The van der Waals surface area contributed by atoms with Crippen LogP contribution in [0.25, 0.3) is 0 Å². The average molecular weight is 392 g/mol. The van der Waals surface area contributed by atoms with Crippen LogP contribution in [0.2, 0.25) is 0 Å². The molecular formula is C20H37N7O. The predicted octanol–water partition coefficient (Wildman–Crippen LogP) is 1.42. The third-order valence-corrected chi connectivity index (χ3v) is 5.67. The van der Waals surface area contributed by atoms with E-state index < -0.39 is 0 Å². The predicted molar refractivity (Wildman–Crippen MR) is 111 cm³/mol. The summed E-state index contributed by atoms with van der Waals surface area (Å²) in [6, 6.07) is 0.470. The Hall–Kier alpha value is -1.67. The zero-order valence-electron chi connectivity index (χ0n) is 17.8. The van der Waals surface area contributed by atoms with Crippen molar-refractivity contribution in [2.45, 2.75) is 65.6 Å². The van der Waals surface area contributed by atoms with E-state index in [1.165, 1.54) is 19.3 Å². The second kappa shape index (κ2) is 10.8. The normalized spacial score (nSPS) is 19.9. The van der Waals surface area contributed by atoms with E-state index in [4.69, 9.17) is 9.73 Å². The molecule has 28 heavy (non-hydrogen) atoms. The van der Waals surface area contributed by atoms with Crippen LogP contribution in [0.1, 0.15) is 51.7 Å². The van der Waals surface area contributed by atoms with Gasteiger partial charge in [0.1, 0.15) is 12.4 Å². The molecule has 158 valence electrons. The number of aryl methyl sites for hydroxylation is 1. The topological polar surface area (TPSA) is 79.6 Å². The van der Waals surface area contributed by atoms with Gasteiger partial charge in [0.25, 0.3) is 0 Å². The van der Waals surface area contributed by atoms with Crippen LogP contribution in [0.5, 0.6) is 0 Å². The van der Waals surface area contributed by atoms with Crippen molar-refractivity contribution in [3.8, 4) is 0 Å². The molecular weight excluding hydrogens is 354 g/mol. The van der Waals surface area contributed by atoms with E-state index in [1.54, 1.807) is 0 Å². The summed E-state index contributed by atoms with van der Waals surface area (Å²) in [6.45, 7) is 13.6. The molecule has 1 atom stereocenters. The molecule has 8 heteroatoms. The van der Waals surface area contributed by atoms with Crippen molar-refractivity contribution >= 4 is 5.96 Å². The molecule has 0 radical (unpaired) electrons. The fourth-order valence-electron chi connectivity index (χ4n) is 4.05. The fourth-order valence-corrected chi connectivity index (χ4v) is 4.05. The zero-order chi connectivity index (χ0) is 19.8. The number of hydrogen-bond donors (Lipinski definition) is 2. The highest BCUT2D eigenvalue weighted by molar-refractivity contribution is 5.79. The summed E-state index contributed by atoms with van der Waals surface area (Å²) in [4.78, 5) is 7.33. The van der Waals surface area contributed by atoms with Crippen LogP contribution in [0.4, 0.5) is 0 Å². The van der Waals surface area contributed by atoms with Gasteiger partial charge < -0.3 is 19.9 Å². The summed E-state index contributed by atoms with van der Waals surface area (Å²) in [5.74, 6) is 3.52. The first-order valence-corrected chi connectivity index (χ1v) is 10.9. The maximum Gasteiger partial charge on any atom is 0.191 e. The molecule has 1 fully saturated rings. The van der Waals surface area contributed by atoms with E-state index >= 15 is 0 Å². The number of morpholine rings is 1. The third kappa shape index (κ3) is 5.67. The van der Waals surface area contributed by atoms with Crippen molar-refractivity contribution in [1.82, 2.24) is 30.3 Å². The number of aromatic nitrogens is 3. The molecule has 0 spiro atoms. The number of guanidine groups is 1. The summed E-state index contributed by atoms with van der Waals surface area (Å²) < 4.78 is 7.78. The van der Waals surface area contributed by atoms with Gasteiger partial charge in [0.05, 0.1) is 13.2 Å². The van der Waals surface area contributed by atoms with Gasteiger partial charge in [-0.1, -0.05) is 20.3 Å². The molecule has 2 aliphatic heterocycles. The Bertz CT molecular complexity index is 622. The van der Waals surface area contributed by atoms with E-state index in [-0.39, 0.29) is 0 Å². The number of rotatable bonds is 7. The summed E-state index contributed by atoms with van der Waals surface area (Å²) >= 11 is 0. The lowest BCUT2D eigenvalue weighted by Crippen LogP contribution is -2.52. The molecule has 0 bridgehead atoms. The van der Waals surface area contributed by atoms with Crippen molar-refractivity contribution in [2.24, 2.45) is 10.9 Å². The Morgan fingerprint density at radius 3 is 2.68 bits per heavy atom. The maximum atomic E-state index is 5.51. The molecule has 2 aliphatic rings. The van der Waals surface area contributed by atoms with E-state index in [0.29, 0.717) is 18.5 Å². The second-order valence-electron chi connectivity index (χ2n) is 8.03. The van der Waals surface area contributed by atoms with Crippen LogP contribution in [-0.4, -0.2) is 71.1 Å². The number of fused-ring (bicyclic) bond motifs is 1. The van der Waals surface area contributed by atoms with E-state index in [2.05, 4.69) is 51.1 Å². The van der Waals surface area contributed by atoms with Gasteiger partial charge in [-0.15, -0.1) is 10.2 Å². The van der Waals surface area contributed by atoms with Gasteiger partial charge in [-0.25, -0.2) is 4.99 Å². The van der Waals surface area contributed by atoms with Gasteiger partial charge in [-0.05, 0) is 25.7 Å². The van der Waals surface area contributed by atoms with Crippen LogP contribution in [0.3, 0.4) is 0 Å². The Balaban J connectivity index is 1.61. The summed E-state index contributed by atoms with van der Waals surface area (Å²) in [5, 5.41) is 15.7. The highest BCUT2D eigenvalue weighted by Gasteiger charge is 2.24. The van der Waals surface area contributed by atoms with Gasteiger partial charge in [0, 0.05) is 45.2 Å². The largest absolute Gasteiger partial charge is 0.379 e. The van der Waals surface area contributed by atoms with Crippen molar-refractivity contribution in [1.29, 1.82) is 0 Å². The minimum Gasteiger partial charge on any atom is -0.379 e. The monoisotopic (exact) mass is 391 g/mol. The first-order chi connectivity index (χ1) is 13.7. The Morgan fingerprint density at radius 2 is 1.93 bits per heavy atom. The molecule has 0 amide bonds. The molecule has 3 heterocycles. The summed E-state index contributed by atoms with van der Waals surface area (Å²) in [7, 11) is 0. The fraction of sp³-hybridized carbons (Fsp3) is 0.850. The number of aliphatic imine (C=N–C) groups is 1. The smallest absolute Gasteiger partial charge is 0.191 e. The van der Waals surface area contributed by atoms with E-state index in [9.17, 15) is 0 Å². The molecule has 1 aromatic rings. The lowest BCUT2D eigenvalue weighted by Gasteiger charge is -2.37. The standard InChI is InChI=1S/C20H37N7O/c1-4-21-20(22-14-17(16(2)3)26-10-12-28-13-11-26)23-15-19-25-24-18-8-6-5-7-9-27(18)19/h16-17H,4-15H2,1-3H3,(H2,21,22,23). The quantitative estimate of drug-likeness (QED) is 0.541. The maximum absolute atomic E-state index is 5.51. The minimum atomic E-state index is 0.470. The minimum absolute atomic E-state index is 0.470. The van der Waals surface area contributed by atoms with Gasteiger partial charge in [0.2, 0.25) is 0 Å². The van der Waals surface area contributed by atoms with Gasteiger partial charge >= 0.3 is 0 Å². The lowest BCUT2D eigenvalue weighted by atomic mass is 10.0. The Labute approximate surface area is 169 Å². The van der Waals surface area contributed by atoms with Crippen LogP contribution in [-0.2, 0) is 24.2 Å². The number of hydrogen-bond acceptors (Lipinski definition) is 5. The van der Waals surface area contributed by atoms with Gasteiger partial charge in [-0.2, -0.15) is 0 Å². The van der Waals surface area contributed by atoms with Crippen molar-refractivity contribution in [3.05, 3.63) is 11.6 Å². The molecule has 0 aromatic carbocycles. The molecule has 0 saturated carbocycles. The highest BCUT2D eigenvalue weighted by atomic mass is 16.5. The van der Waals surface area contributed by atoms with Crippen LogP contribution >= 0.6 is 0 Å². The zero-order valence-corrected chi connectivity index (χ0v) is 17.8. The van der Waals surface area contributed by atoms with E-state index in [0.717, 1.165) is 70.0 Å². The van der Waals surface area contributed by atoms with Crippen molar-refractivity contribution in [3.63, 3.8) is 0 Å². The highest BCUT2D eigenvalue weighted by Crippen LogP contribution is 2.15. The first-order valence-electron chi connectivity index (χ1n) is 10.9. The molecule has 8 nitrogen and oxygen atoms in total. The van der Waals surface area contributed by atoms with Gasteiger partial charge in [-0.3, -0.25) is 4.90 Å². The summed E-state index contributed by atoms with van der Waals surface area (Å²) in [6.07, 6.45) is 4.72. The third-order valence-electron chi connectivity index (χ3n) is 5.67. The lowest BCUT2D eigenvalue weighted by molar-refractivity contribution is 0.00752. The first kappa shape index (κ1) is 21.0. The van der Waals surface area contributed by atoms with Gasteiger partial charge in [0.15, 0.2) is 11.8 Å². The molecule has 0 aliphatic carbocycles. The number of ether oxygens (including phenoxy) is 1. The molecule has 3 rings (SSSR count). The molecule has 1 saturated heterocycles. The number of nitrogens with zero attached hydrogens (tertiary/aromatic N) is 5. The molecule has 1 unspecified atom stereocenters. The SMILES string of the molecule is CCNC(=NCc1nnc2n1CCCCC2)NCC(C(C)C)N1CCOCC1. The Morgan fingerprint density at radius 1 is 1.11 bits per heavy atom. The second-order valence-corrected chi connectivity index (χ2v) is 8.03. The van der Waals surface area contributed by atoms with Crippen molar-refractivity contribution < 1.29 is 4.74 Å². The summed E-state index contributed by atoms with van der Waals surface area (Å²) in [5.41, 5.74) is 0. The molecule has 1 aromatic heterocycles. The van der Waals surface area contributed by atoms with Crippen LogP contribution < -0.4 is 10.6 Å². The van der Waals surface area contributed by atoms with E-state index in [1.807, 2.05) is 0 Å². The Kier molecular flexibility index (Phi) is 8.09. The average Bonchev–Trinajstić information content (AvgIpc) is 2.93. The van der Waals surface area contributed by atoms with Crippen LogP contribution in [0.15, 0.2) is 4.99 Å².